The lowest BCUT2D eigenvalue weighted by molar-refractivity contribution is -0.0594. The number of hydrogen-bond donors (Lipinski definition) is 3. The molecule has 0 spiro atoms. The fourth-order valence-electron chi connectivity index (χ4n) is 3.66. The van der Waals surface area contributed by atoms with Gasteiger partial charge in [-0.1, -0.05) is 30.3 Å². The zero-order chi connectivity index (χ0) is 21.0. The maximum atomic E-state index is 13.1. The summed E-state index contributed by atoms with van der Waals surface area (Å²) in [5.41, 5.74) is 6.83. The summed E-state index contributed by atoms with van der Waals surface area (Å²) in [6, 6.07) is 9.39. The average Bonchev–Trinajstić information content (AvgIpc) is 3.22. The van der Waals surface area contributed by atoms with Crippen molar-refractivity contribution in [1.29, 1.82) is 0 Å². The summed E-state index contributed by atoms with van der Waals surface area (Å²) >= 11 is 3.32. The smallest absolute Gasteiger partial charge is 0.330 e. The van der Waals surface area contributed by atoms with Gasteiger partial charge >= 0.3 is 8.60 Å². The minimum atomic E-state index is -2.07. The summed E-state index contributed by atoms with van der Waals surface area (Å²) < 4.78 is 19.3. The lowest BCUT2D eigenvalue weighted by Gasteiger charge is -2.27. The Kier molecular flexibility index (Phi) is 5.10. The molecule has 11 nitrogen and oxygen atoms in total. The van der Waals surface area contributed by atoms with Crippen molar-refractivity contribution in [3.8, 4) is 0 Å². The van der Waals surface area contributed by atoms with Crippen LogP contribution < -0.4 is 11.3 Å². The van der Waals surface area contributed by atoms with E-state index in [0.29, 0.717) is 0 Å². The zero-order valence-corrected chi connectivity index (χ0v) is 17.8. The van der Waals surface area contributed by atoms with Gasteiger partial charge in [-0.05, 0) is 21.5 Å². The van der Waals surface area contributed by atoms with Crippen molar-refractivity contribution in [2.24, 2.45) is 0 Å². The van der Waals surface area contributed by atoms with Crippen molar-refractivity contribution in [2.45, 2.75) is 31.1 Å². The van der Waals surface area contributed by atoms with Gasteiger partial charge in [0.05, 0.1) is 13.2 Å². The van der Waals surface area contributed by atoms with E-state index in [0.717, 1.165) is 5.56 Å². The standard InChI is InChI=1S/C17H17BrN5O6P/c18-16-20-10-13(21-17(19)22(14(10)25)6-8-4-2-1-3-5-8)23(16)15-11(24)12-9(28-15)7-27-30(26)29-12/h1-5,9,11-12,15,24,26H,6-7H2,(H2,19,21)/t9?,11-,12+,15+,30?/m0/s1. The molecular weight excluding hydrogens is 481 g/mol. The number of aliphatic hydroxyl groups excluding tert-OH is 1. The first-order valence-corrected chi connectivity index (χ1v) is 11.0. The molecule has 1 aromatic carbocycles. The van der Waals surface area contributed by atoms with Crippen molar-refractivity contribution in [3.63, 3.8) is 0 Å². The molecule has 2 aliphatic rings. The minimum Gasteiger partial charge on any atom is -0.386 e. The lowest BCUT2D eigenvalue weighted by Crippen LogP contribution is -2.38. The Balaban J connectivity index is 1.56. The normalized spacial score (nSPS) is 28.7. The van der Waals surface area contributed by atoms with Crippen molar-refractivity contribution in [3.05, 3.63) is 51.0 Å². The highest BCUT2D eigenvalue weighted by Crippen LogP contribution is 2.47. The second kappa shape index (κ2) is 7.65. The molecule has 0 saturated carbocycles. The van der Waals surface area contributed by atoms with Gasteiger partial charge in [0.15, 0.2) is 22.1 Å². The molecule has 2 aromatic heterocycles. The van der Waals surface area contributed by atoms with Crippen LogP contribution in [0.4, 0.5) is 5.95 Å². The van der Waals surface area contributed by atoms with Gasteiger partial charge in [-0.15, -0.1) is 0 Å². The van der Waals surface area contributed by atoms with Crippen molar-refractivity contribution < 1.29 is 23.8 Å². The molecule has 13 heteroatoms. The van der Waals surface area contributed by atoms with Gasteiger partial charge < -0.3 is 29.5 Å². The van der Waals surface area contributed by atoms with Crippen LogP contribution >= 0.6 is 24.5 Å². The summed E-state index contributed by atoms with van der Waals surface area (Å²) in [6.45, 7) is 0.320. The van der Waals surface area contributed by atoms with E-state index in [1.165, 1.54) is 9.13 Å². The van der Waals surface area contributed by atoms with Gasteiger partial charge in [0.25, 0.3) is 5.56 Å². The molecule has 30 heavy (non-hydrogen) atoms. The molecule has 0 aliphatic carbocycles. The molecule has 3 aromatic rings. The number of hydrogen-bond acceptors (Lipinski definition) is 9. The predicted molar refractivity (Wildman–Crippen MR) is 109 cm³/mol. The predicted octanol–water partition coefficient (Wildman–Crippen LogP) is 0.879. The largest absolute Gasteiger partial charge is 0.386 e. The summed E-state index contributed by atoms with van der Waals surface area (Å²) in [5, 5.41) is 10.7. The van der Waals surface area contributed by atoms with E-state index in [1.807, 2.05) is 30.3 Å². The number of nitrogens with zero attached hydrogens (tertiary/aromatic N) is 4. The lowest BCUT2D eigenvalue weighted by atomic mass is 10.1. The minimum absolute atomic E-state index is 0.00775. The maximum Gasteiger partial charge on any atom is 0.330 e. The van der Waals surface area contributed by atoms with Crippen LogP contribution in [-0.4, -0.2) is 54.0 Å². The molecule has 0 amide bonds. The third-order valence-corrected chi connectivity index (χ3v) is 6.45. The molecule has 0 bridgehead atoms. The van der Waals surface area contributed by atoms with E-state index >= 15 is 0 Å². The van der Waals surface area contributed by atoms with Crippen LogP contribution in [0.15, 0.2) is 39.9 Å². The quantitative estimate of drug-likeness (QED) is 0.354. The number of nitrogens with two attached hydrogens (primary N) is 1. The van der Waals surface area contributed by atoms with Gasteiger partial charge in [-0.25, -0.2) is 4.98 Å². The van der Waals surface area contributed by atoms with Gasteiger partial charge in [0, 0.05) is 0 Å². The number of fused-ring (bicyclic) bond motifs is 2. The van der Waals surface area contributed by atoms with E-state index in [2.05, 4.69) is 25.9 Å². The molecule has 5 atom stereocenters. The number of benzene rings is 1. The summed E-state index contributed by atoms with van der Waals surface area (Å²) in [4.78, 5) is 31.3. The Hall–Kier alpha value is -1.92. The monoisotopic (exact) mass is 497 g/mol. The van der Waals surface area contributed by atoms with Crippen LogP contribution in [0, 0.1) is 0 Å². The number of aromatic nitrogens is 4. The highest BCUT2D eigenvalue weighted by atomic mass is 79.9. The second-order valence-electron chi connectivity index (χ2n) is 6.93. The van der Waals surface area contributed by atoms with E-state index < -0.39 is 38.7 Å². The Bertz CT molecular complexity index is 1160. The van der Waals surface area contributed by atoms with Crippen molar-refractivity contribution >= 4 is 41.6 Å². The fourth-order valence-corrected chi connectivity index (χ4v) is 5.01. The van der Waals surface area contributed by atoms with Gasteiger partial charge in [0.2, 0.25) is 5.95 Å². The molecule has 5 rings (SSSR count). The number of anilines is 1. The second-order valence-corrected chi connectivity index (χ2v) is 8.58. The molecule has 2 unspecified atom stereocenters. The van der Waals surface area contributed by atoms with Crippen LogP contribution in [0.5, 0.6) is 0 Å². The van der Waals surface area contributed by atoms with Crippen LogP contribution in [0.2, 0.25) is 0 Å². The SMILES string of the molecule is Nc1nc2c(nc(Br)n2[C@@H]2OC3COP(O)O[C@H]3[C@@H]2O)c(=O)n1Cc1ccccc1. The highest BCUT2D eigenvalue weighted by molar-refractivity contribution is 9.10. The maximum absolute atomic E-state index is 13.1. The molecule has 0 radical (unpaired) electrons. The van der Waals surface area contributed by atoms with E-state index in [-0.39, 0.29) is 35.0 Å². The number of imidazole rings is 1. The number of halogens is 1. The van der Waals surface area contributed by atoms with Crippen LogP contribution in [0.3, 0.4) is 0 Å². The summed E-state index contributed by atoms with van der Waals surface area (Å²) in [7, 11) is -2.07. The Labute approximate surface area is 179 Å². The molecular formula is C17H17BrN5O6P. The Morgan fingerprint density at radius 2 is 2.07 bits per heavy atom. The number of nitrogen functional groups attached to an aromatic ring is 1. The number of aliphatic hydroxyl groups is 1. The molecule has 4 heterocycles. The fraction of sp³-hybridized carbons (Fsp3) is 0.353. The van der Waals surface area contributed by atoms with Crippen LogP contribution in [-0.2, 0) is 20.3 Å². The molecule has 2 saturated heterocycles. The first-order chi connectivity index (χ1) is 14.4. The van der Waals surface area contributed by atoms with Crippen LogP contribution in [0.25, 0.3) is 11.2 Å². The third kappa shape index (κ3) is 3.25. The van der Waals surface area contributed by atoms with E-state index in [4.69, 9.17) is 19.5 Å². The van der Waals surface area contributed by atoms with Gasteiger partial charge in [-0.2, -0.15) is 4.98 Å². The highest BCUT2D eigenvalue weighted by Gasteiger charge is 2.50. The summed E-state index contributed by atoms with van der Waals surface area (Å²) in [5.74, 6) is 0.00775. The van der Waals surface area contributed by atoms with E-state index in [9.17, 15) is 14.8 Å². The van der Waals surface area contributed by atoms with Gasteiger partial charge in [-0.3, -0.25) is 13.9 Å². The molecule has 2 fully saturated rings. The van der Waals surface area contributed by atoms with Gasteiger partial charge in [0.1, 0.15) is 18.3 Å². The Morgan fingerprint density at radius 1 is 1.30 bits per heavy atom. The van der Waals surface area contributed by atoms with Crippen molar-refractivity contribution in [1.82, 2.24) is 19.1 Å². The Morgan fingerprint density at radius 3 is 2.83 bits per heavy atom. The first-order valence-electron chi connectivity index (χ1n) is 9.04. The van der Waals surface area contributed by atoms with E-state index in [1.54, 1.807) is 0 Å². The third-order valence-electron chi connectivity index (χ3n) is 5.10. The number of rotatable bonds is 3. The molecule has 2 aliphatic heterocycles. The van der Waals surface area contributed by atoms with Crippen molar-refractivity contribution in [2.75, 3.05) is 12.3 Å². The van der Waals surface area contributed by atoms with Crippen LogP contribution in [0.1, 0.15) is 11.8 Å². The number of ether oxygens (including phenoxy) is 1. The average molecular weight is 498 g/mol. The first kappa shape index (κ1) is 20.0. The topological polar surface area (TPSA) is 147 Å². The zero-order valence-electron chi connectivity index (χ0n) is 15.3. The molecule has 158 valence electrons. The summed E-state index contributed by atoms with van der Waals surface area (Å²) in [6.07, 6.45) is -3.46. The molecule has 4 N–H and O–H groups in total.